The predicted octanol–water partition coefficient (Wildman–Crippen LogP) is 2.05. The Morgan fingerprint density at radius 2 is 2.07 bits per heavy atom. The molecule has 0 spiro atoms. The standard InChI is InChI=1S/C19H23N5O4/c1-28-14-8-15(17-21-16(22-23-17)12-6-7-12)24(10-14)19(27)20-9-11-2-4-13(5-3-11)18(25)26/h2-5,12,14-15H,6-10H2,1H3,(H,20,27)(H,25,26)(H,21,22,23)/t14-,15+/m1/s1. The second kappa shape index (κ2) is 7.59. The summed E-state index contributed by atoms with van der Waals surface area (Å²) in [6.45, 7) is 0.785. The number of ether oxygens (including phenoxy) is 1. The van der Waals surface area contributed by atoms with Gasteiger partial charge < -0.3 is 20.1 Å². The van der Waals surface area contributed by atoms with Crippen LogP contribution in [0.2, 0.25) is 0 Å². The number of likely N-dealkylation sites (tertiary alicyclic amines) is 1. The number of hydrogen-bond donors (Lipinski definition) is 3. The number of aromatic carboxylic acids is 1. The van der Waals surface area contributed by atoms with E-state index >= 15 is 0 Å². The first-order chi connectivity index (χ1) is 13.5. The lowest BCUT2D eigenvalue weighted by Crippen LogP contribution is -2.40. The molecule has 3 N–H and O–H groups in total. The van der Waals surface area contributed by atoms with Gasteiger partial charge in [0.2, 0.25) is 0 Å². The van der Waals surface area contributed by atoms with Gasteiger partial charge in [0.25, 0.3) is 0 Å². The molecule has 1 aliphatic carbocycles. The van der Waals surface area contributed by atoms with Gasteiger partial charge in [-0.25, -0.2) is 14.6 Å². The molecule has 0 unspecified atom stereocenters. The van der Waals surface area contributed by atoms with Crippen LogP contribution in [0.4, 0.5) is 4.79 Å². The minimum Gasteiger partial charge on any atom is -0.478 e. The third-order valence-electron chi connectivity index (χ3n) is 5.28. The van der Waals surface area contributed by atoms with Crippen LogP contribution in [0.25, 0.3) is 0 Å². The molecule has 9 nitrogen and oxygen atoms in total. The summed E-state index contributed by atoms with van der Waals surface area (Å²) in [4.78, 5) is 30.0. The van der Waals surface area contributed by atoms with E-state index in [1.54, 1.807) is 24.1 Å². The Morgan fingerprint density at radius 1 is 1.32 bits per heavy atom. The van der Waals surface area contributed by atoms with Crippen molar-refractivity contribution in [3.05, 3.63) is 47.0 Å². The smallest absolute Gasteiger partial charge is 0.335 e. The minimum atomic E-state index is -0.973. The molecule has 9 heteroatoms. The fraction of sp³-hybridized carbons (Fsp3) is 0.474. The molecule has 1 aromatic carbocycles. The molecule has 1 saturated carbocycles. The van der Waals surface area contributed by atoms with E-state index in [1.807, 2.05) is 0 Å². The second-order valence-electron chi connectivity index (χ2n) is 7.28. The fourth-order valence-corrected chi connectivity index (χ4v) is 3.46. The molecule has 1 aliphatic heterocycles. The summed E-state index contributed by atoms with van der Waals surface area (Å²) < 4.78 is 5.47. The van der Waals surface area contributed by atoms with E-state index in [2.05, 4.69) is 20.5 Å². The third kappa shape index (κ3) is 3.84. The molecule has 2 heterocycles. The van der Waals surface area contributed by atoms with E-state index in [0.29, 0.717) is 31.3 Å². The summed E-state index contributed by atoms with van der Waals surface area (Å²) in [7, 11) is 1.64. The molecule has 2 amide bonds. The number of urea groups is 1. The van der Waals surface area contributed by atoms with Gasteiger partial charge in [0.1, 0.15) is 5.82 Å². The van der Waals surface area contributed by atoms with Crippen molar-refractivity contribution in [3.8, 4) is 0 Å². The van der Waals surface area contributed by atoms with Crippen LogP contribution in [0, 0.1) is 0 Å². The highest BCUT2D eigenvalue weighted by Gasteiger charge is 2.39. The second-order valence-corrected chi connectivity index (χ2v) is 7.28. The van der Waals surface area contributed by atoms with Crippen LogP contribution >= 0.6 is 0 Å². The number of carboxylic acid groups (broad SMARTS) is 1. The van der Waals surface area contributed by atoms with Gasteiger partial charge in [0.05, 0.1) is 17.7 Å². The lowest BCUT2D eigenvalue weighted by molar-refractivity contribution is 0.0697. The van der Waals surface area contributed by atoms with Crippen molar-refractivity contribution >= 4 is 12.0 Å². The third-order valence-corrected chi connectivity index (χ3v) is 5.28. The number of methoxy groups -OCH3 is 1. The molecule has 1 saturated heterocycles. The maximum atomic E-state index is 12.8. The number of rotatable bonds is 6. The number of carbonyl (C=O) groups is 2. The molecule has 1 aromatic heterocycles. The molecule has 2 aromatic rings. The first-order valence-corrected chi connectivity index (χ1v) is 9.37. The van der Waals surface area contributed by atoms with Crippen molar-refractivity contribution in [1.29, 1.82) is 0 Å². The summed E-state index contributed by atoms with van der Waals surface area (Å²) in [5.41, 5.74) is 1.04. The molecule has 2 atom stereocenters. The average Bonchev–Trinajstić information content (AvgIpc) is 3.27. The summed E-state index contributed by atoms with van der Waals surface area (Å²) in [6, 6.07) is 6.02. The molecule has 0 bridgehead atoms. The minimum absolute atomic E-state index is 0.0555. The van der Waals surface area contributed by atoms with Crippen LogP contribution in [-0.4, -0.2) is 56.9 Å². The number of H-pyrrole nitrogens is 1. The van der Waals surface area contributed by atoms with Gasteiger partial charge in [-0.2, -0.15) is 5.10 Å². The average molecular weight is 385 g/mol. The Kier molecular flexibility index (Phi) is 4.99. The van der Waals surface area contributed by atoms with Crippen LogP contribution in [0.3, 0.4) is 0 Å². The molecular formula is C19H23N5O4. The van der Waals surface area contributed by atoms with E-state index in [-0.39, 0.29) is 23.7 Å². The van der Waals surface area contributed by atoms with Gasteiger partial charge in [-0.05, 0) is 30.5 Å². The van der Waals surface area contributed by atoms with Crippen LogP contribution in [0.1, 0.15) is 58.8 Å². The number of carbonyl (C=O) groups excluding carboxylic acids is 1. The Morgan fingerprint density at radius 3 is 2.71 bits per heavy atom. The largest absolute Gasteiger partial charge is 0.478 e. The molecule has 2 aliphatic rings. The number of amides is 2. The van der Waals surface area contributed by atoms with E-state index < -0.39 is 5.97 Å². The fourth-order valence-electron chi connectivity index (χ4n) is 3.46. The van der Waals surface area contributed by atoms with Gasteiger partial charge >= 0.3 is 12.0 Å². The first-order valence-electron chi connectivity index (χ1n) is 9.37. The van der Waals surface area contributed by atoms with Gasteiger partial charge in [0.15, 0.2) is 5.82 Å². The number of benzene rings is 1. The molecule has 148 valence electrons. The lowest BCUT2D eigenvalue weighted by Gasteiger charge is -2.23. The van der Waals surface area contributed by atoms with E-state index in [1.165, 1.54) is 12.1 Å². The van der Waals surface area contributed by atoms with E-state index in [0.717, 1.165) is 24.2 Å². The van der Waals surface area contributed by atoms with Gasteiger partial charge in [-0.15, -0.1) is 0 Å². The molecule has 2 fully saturated rings. The number of hydrogen-bond acceptors (Lipinski definition) is 5. The van der Waals surface area contributed by atoms with Gasteiger partial charge in [-0.3, -0.25) is 5.10 Å². The Balaban J connectivity index is 1.42. The van der Waals surface area contributed by atoms with E-state index in [4.69, 9.17) is 9.84 Å². The van der Waals surface area contributed by atoms with Crippen LogP contribution in [-0.2, 0) is 11.3 Å². The molecule has 4 rings (SSSR count). The monoisotopic (exact) mass is 385 g/mol. The molecular weight excluding hydrogens is 362 g/mol. The Hall–Kier alpha value is -2.94. The van der Waals surface area contributed by atoms with Crippen molar-refractivity contribution < 1.29 is 19.4 Å². The number of carboxylic acids is 1. The zero-order valence-electron chi connectivity index (χ0n) is 15.6. The van der Waals surface area contributed by atoms with Crippen molar-refractivity contribution in [2.75, 3.05) is 13.7 Å². The lowest BCUT2D eigenvalue weighted by atomic mass is 10.1. The zero-order chi connectivity index (χ0) is 19.7. The Bertz CT molecular complexity index is 861. The molecule has 28 heavy (non-hydrogen) atoms. The summed E-state index contributed by atoms with van der Waals surface area (Å²) >= 11 is 0. The highest BCUT2D eigenvalue weighted by molar-refractivity contribution is 5.87. The van der Waals surface area contributed by atoms with Gasteiger partial charge in [-0.1, -0.05) is 12.1 Å². The quantitative estimate of drug-likeness (QED) is 0.700. The summed E-state index contributed by atoms with van der Waals surface area (Å²) in [5, 5.41) is 19.2. The normalized spacial score (nSPS) is 21.7. The molecule has 0 radical (unpaired) electrons. The number of aromatic amines is 1. The van der Waals surface area contributed by atoms with Crippen LogP contribution < -0.4 is 5.32 Å². The summed E-state index contributed by atoms with van der Waals surface area (Å²) in [6.07, 6.45) is 2.84. The first kappa shape index (κ1) is 18.4. The zero-order valence-corrected chi connectivity index (χ0v) is 15.6. The maximum Gasteiger partial charge on any atom is 0.335 e. The van der Waals surface area contributed by atoms with Crippen molar-refractivity contribution in [3.63, 3.8) is 0 Å². The highest BCUT2D eigenvalue weighted by atomic mass is 16.5. The van der Waals surface area contributed by atoms with Crippen molar-refractivity contribution in [2.45, 2.75) is 43.9 Å². The SMILES string of the molecule is CO[C@@H]1C[C@@H](c2nc(C3CC3)n[nH]2)N(C(=O)NCc2ccc(C(=O)O)cc2)C1. The van der Waals surface area contributed by atoms with E-state index in [9.17, 15) is 9.59 Å². The Labute approximate surface area is 162 Å². The number of nitrogens with zero attached hydrogens (tertiary/aromatic N) is 3. The predicted molar refractivity (Wildman–Crippen MR) is 98.9 cm³/mol. The van der Waals surface area contributed by atoms with Crippen molar-refractivity contribution in [2.24, 2.45) is 0 Å². The van der Waals surface area contributed by atoms with Crippen LogP contribution in [0.5, 0.6) is 0 Å². The topological polar surface area (TPSA) is 120 Å². The van der Waals surface area contributed by atoms with Crippen molar-refractivity contribution in [1.82, 2.24) is 25.4 Å². The highest BCUT2D eigenvalue weighted by Crippen LogP contribution is 2.39. The number of nitrogens with one attached hydrogen (secondary N) is 2. The summed E-state index contributed by atoms with van der Waals surface area (Å²) in [5.74, 6) is 0.997. The maximum absolute atomic E-state index is 12.8. The van der Waals surface area contributed by atoms with Crippen LogP contribution in [0.15, 0.2) is 24.3 Å². The number of aromatic nitrogens is 3. The van der Waals surface area contributed by atoms with Gasteiger partial charge in [0, 0.05) is 32.5 Å².